The number of hydrogen-bond donors (Lipinski definition) is 0. The van der Waals surface area contributed by atoms with Crippen molar-refractivity contribution in [2.75, 3.05) is 0 Å². The second-order valence-corrected chi connectivity index (χ2v) is 6.18. The summed E-state index contributed by atoms with van der Waals surface area (Å²) in [7, 11) is 0. The zero-order chi connectivity index (χ0) is 18.7. The largest absolute Gasteiger partial charge is 0.318 e. The van der Waals surface area contributed by atoms with Crippen LogP contribution in [0.3, 0.4) is 0 Å². The molecule has 0 atom stereocenters. The Labute approximate surface area is 152 Å². The summed E-state index contributed by atoms with van der Waals surface area (Å²) in [5.74, 6) is 0. The molecule has 2 aromatic carbocycles. The molecule has 5 heteroatoms. The zero-order valence-electron chi connectivity index (χ0n) is 15.1. The fraction of sp³-hybridized carbons (Fsp3) is 0.190. The first-order chi connectivity index (χ1) is 12.5. The molecule has 0 saturated heterocycles. The number of nitro benzene ring substituents is 1. The van der Waals surface area contributed by atoms with Gasteiger partial charge in [-0.05, 0) is 50.1 Å². The van der Waals surface area contributed by atoms with Crippen molar-refractivity contribution < 1.29 is 4.92 Å². The van der Waals surface area contributed by atoms with Gasteiger partial charge in [-0.25, -0.2) is 0 Å². The first-order valence-electron chi connectivity index (χ1n) is 8.57. The van der Waals surface area contributed by atoms with Crippen molar-refractivity contribution in [3.63, 3.8) is 0 Å². The van der Waals surface area contributed by atoms with E-state index in [1.807, 2.05) is 6.21 Å². The minimum absolute atomic E-state index is 0.0679. The lowest BCUT2D eigenvalue weighted by Crippen LogP contribution is -2.03. The van der Waals surface area contributed by atoms with Gasteiger partial charge in [0, 0.05) is 41.0 Å². The van der Waals surface area contributed by atoms with Gasteiger partial charge in [0.2, 0.25) is 0 Å². The molecule has 1 heterocycles. The third-order valence-electron chi connectivity index (χ3n) is 4.50. The lowest BCUT2D eigenvalue weighted by molar-refractivity contribution is -0.384. The molecule has 0 aliphatic carbocycles. The maximum Gasteiger partial charge on any atom is 0.269 e. The number of nitro groups is 1. The molecule has 0 saturated carbocycles. The van der Waals surface area contributed by atoms with Gasteiger partial charge in [-0.15, -0.1) is 0 Å². The Kier molecular flexibility index (Phi) is 4.98. The van der Waals surface area contributed by atoms with Crippen LogP contribution in [0, 0.1) is 24.0 Å². The van der Waals surface area contributed by atoms with Crippen molar-refractivity contribution in [1.82, 2.24) is 4.57 Å². The van der Waals surface area contributed by atoms with Crippen molar-refractivity contribution in [1.29, 1.82) is 0 Å². The predicted molar refractivity (Wildman–Crippen MR) is 105 cm³/mol. The van der Waals surface area contributed by atoms with Crippen molar-refractivity contribution in [2.24, 2.45) is 4.99 Å². The molecule has 0 radical (unpaired) electrons. The molecule has 5 nitrogen and oxygen atoms in total. The van der Waals surface area contributed by atoms with Crippen LogP contribution in [0.25, 0.3) is 5.69 Å². The first-order valence-corrected chi connectivity index (χ1v) is 8.57. The van der Waals surface area contributed by atoms with Gasteiger partial charge in [-0.2, -0.15) is 0 Å². The SMILES string of the molecule is CCc1ccccc1-n1c(C)cc(C=Nc2ccc([N+](=O)[O-])cc2)c1C. The number of non-ortho nitro benzene ring substituents is 1. The Hall–Kier alpha value is -3.21. The van der Waals surface area contributed by atoms with E-state index in [2.05, 4.69) is 60.7 Å². The molecule has 3 aromatic rings. The van der Waals surface area contributed by atoms with E-state index in [-0.39, 0.29) is 5.69 Å². The molecule has 0 fully saturated rings. The Morgan fingerprint density at radius 1 is 1.12 bits per heavy atom. The monoisotopic (exact) mass is 347 g/mol. The molecule has 1 aromatic heterocycles. The van der Waals surface area contributed by atoms with Crippen LogP contribution >= 0.6 is 0 Å². The molecular formula is C21H21N3O2. The lowest BCUT2D eigenvalue weighted by Gasteiger charge is -2.13. The third-order valence-corrected chi connectivity index (χ3v) is 4.50. The summed E-state index contributed by atoms with van der Waals surface area (Å²) in [5.41, 5.74) is 6.55. The number of hydrogen-bond acceptors (Lipinski definition) is 3. The summed E-state index contributed by atoms with van der Waals surface area (Å²) in [4.78, 5) is 14.8. The van der Waals surface area contributed by atoms with Crippen LogP contribution < -0.4 is 0 Å². The Balaban J connectivity index is 1.94. The Bertz CT molecular complexity index is 969. The number of para-hydroxylation sites is 1. The normalized spacial score (nSPS) is 11.2. The molecule has 0 spiro atoms. The fourth-order valence-corrected chi connectivity index (χ4v) is 3.12. The van der Waals surface area contributed by atoms with Crippen molar-refractivity contribution in [2.45, 2.75) is 27.2 Å². The molecule has 0 aliphatic rings. The van der Waals surface area contributed by atoms with Crippen molar-refractivity contribution >= 4 is 17.6 Å². The summed E-state index contributed by atoms with van der Waals surface area (Å²) < 4.78 is 2.25. The summed E-state index contributed by atoms with van der Waals surface area (Å²) in [6.45, 7) is 6.32. The van der Waals surface area contributed by atoms with Gasteiger partial charge < -0.3 is 4.57 Å². The third kappa shape index (κ3) is 3.42. The zero-order valence-corrected chi connectivity index (χ0v) is 15.1. The second kappa shape index (κ2) is 7.35. The average molecular weight is 347 g/mol. The standard InChI is InChI=1S/C21H21N3O2/c1-4-17-7-5-6-8-21(17)23-15(2)13-18(16(23)3)14-22-19-9-11-20(12-10-19)24(25)26/h5-14H,4H2,1-3H3. The molecule has 3 rings (SSSR count). The lowest BCUT2D eigenvalue weighted by atomic mass is 10.1. The minimum atomic E-state index is -0.410. The highest BCUT2D eigenvalue weighted by atomic mass is 16.6. The van der Waals surface area contributed by atoms with Gasteiger partial charge in [-0.1, -0.05) is 25.1 Å². The van der Waals surface area contributed by atoms with Crippen LogP contribution in [0.5, 0.6) is 0 Å². The summed E-state index contributed by atoms with van der Waals surface area (Å²) in [6.07, 6.45) is 2.79. The van der Waals surface area contributed by atoms with Gasteiger partial charge in [0.05, 0.1) is 10.6 Å². The van der Waals surface area contributed by atoms with Gasteiger partial charge >= 0.3 is 0 Å². The van der Waals surface area contributed by atoms with Gasteiger partial charge in [-0.3, -0.25) is 15.1 Å². The minimum Gasteiger partial charge on any atom is -0.318 e. The molecular weight excluding hydrogens is 326 g/mol. The second-order valence-electron chi connectivity index (χ2n) is 6.18. The van der Waals surface area contributed by atoms with E-state index >= 15 is 0 Å². The van der Waals surface area contributed by atoms with Crippen LogP contribution in [0.1, 0.15) is 29.4 Å². The smallest absolute Gasteiger partial charge is 0.269 e. The number of nitrogens with zero attached hydrogens (tertiary/aromatic N) is 3. The van der Waals surface area contributed by atoms with E-state index in [0.29, 0.717) is 5.69 Å². The highest BCUT2D eigenvalue weighted by molar-refractivity contribution is 5.84. The van der Waals surface area contributed by atoms with Crippen LogP contribution in [0.4, 0.5) is 11.4 Å². The summed E-state index contributed by atoms with van der Waals surface area (Å²) in [6, 6.07) is 16.7. The molecule has 0 bridgehead atoms. The maximum atomic E-state index is 10.7. The Morgan fingerprint density at radius 3 is 2.46 bits per heavy atom. The molecule has 132 valence electrons. The predicted octanol–water partition coefficient (Wildman–Crippen LogP) is 5.32. The first kappa shape index (κ1) is 17.6. The van der Waals surface area contributed by atoms with Crippen molar-refractivity contribution in [3.05, 3.63) is 87.2 Å². The quantitative estimate of drug-likeness (QED) is 0.356. The average Bonchev–Trinajstić information content (AvgIpc) is 2.93. The van der Waals surface area contributed by atoms with Gasteiger partial charge in [0.1, 0.15) is 0 Å². The number of benzene rings is 2. The van der Waals surface area contributed by atoms with E-state index in [1.54, 1.807) is 12.1 Å². The van der Waals surface area contributed by atoms with E-state index in [9.17, 15) is 10.1 Å². The molecule has 26 heavy (non-hydrogen) atoms. The topological polar surface area (TPSA) is 60.4 Å². The number of aliphatic imine (C=N–C) groups is 1. The summed E-state index contributed by atoms with van der Waals surface area (Å²) in [5, 5.41) is 10.7. The summed E-state index contributed by atoms with van der Waals surface area (Å²) >= 11 is 0. The number of aromatic nitrogens is 1. The molecule has 0 N–H and O–H groups in total. The highest BCUT2D eigenvalue weighted by Gasteiger charge is 2.11. The van der Waals surface area contributed by atoms with Gasteiger partial charge in [0.25, 0.3) is 5.69 Å². The molecule has 0 aliphatic heterocycles. The highest BCUT2D eigenvalue weighted by Crippen LogP contribution is 2.24. The van der Waals surface area contributed by atoms with E-state index < -0.39 is 4.92 Å². The van der Waals surface area contributed by atoms with Crippen LogP contribution in [0.2, 0.25) is 0 Å². The number of rotatable bonds is 5. The number of aryl methyl sites for hydroxylation is 2. The maximum absolute atomic E-state index is 10.7. The van der Waals surface area contributed by atoms with E-state index in [0.717, 1.165) is 23.4 Å². The molecule has 0 amide bonds. The van der Waals surface area contributed by atoms with E-state index in [1.165, 1.54) is 23.4 Å². The van der Waals surface area contributed by atoms with Crippen LogP contribution in [0.15, 0.2) is 59.6 Å². The molecule has 0 unspecified atom stereocenters. The van der Waals surface area contributed by atoms with Crippen molar-refractivity contribution in [3.8, 4) is 5.69 Å². The Morgan fingerprint density at radius 2 is 1.81 bits per heavy atom. The fourth-order valence-electron chi connectivity index (χ4n) is 3.12. The van der Waals surface area contributed by atoms with E-state index in [4.69, 9.17) is 0 Å². The van der Waals surface area contributed by atoms with Crippen LogP contribution in [-0.4, -0.2) is 15.7 Å². The van der Waals surface area contributed by atoms with Gasteiger partial charge in [0.15, 0.2) is 0 Å². The van der Waals surface area contributed by atoms with Crippen LogP contribution in [-0.2, 0) is 6.42 Å².